The van der Waals surface area contributed by atoms with Gasteiger partial charge in [0, 0.05) is 5.69 Å². The standard InChI is InChI=1S/C6H7N/c7-6-4-2-1-3-5-6/h1-5H,7H2/i2T. The van der Waals surface area contributed by atoms with Crippen LogP contribution in [0.25, 0.3) is 0 Å². The van der Waals surface area contributed by atoms with Gasteiger partial charge in [0.25, 0.3) is 0 Å². The molecule has 1 aromatic rings. The van der Waals surface area contributed by atoms with Crippen LogP contribution in [0.5, 0.6) is 0 Å². The highest BCUT2D eigenvalue weighted by Gasteiger charge is 1.72. The number of rotatable bonds is 0. The van der Waals surface area contributed by atoms with Gasteiger partial charge in [-0.15, -0.1) is 0 Å². The number of para-hydroxylation sites is 1. The molecule has 0 unspecified atom stereocenters. The Hall–Kier alpha value is -0.980. The Morgan fingerprint density at radius 3 is 2.71 bits per heavy atom. The molecule has 2 N–H and O–H groups in total. The van der Waals surface area contributed by atoms with Crippen molar-refractivity contribution in [1.82, 2.24) is 0 Å². The third kappa shape index (κ3) is 0.929. The van der Waals surface area contributed by atoms with E-state index >= 15 is 0 Å². The molecule has 0 heterocycles. The molecule has 0 atom stereocenters. The van der Waals surface area contributed by atoms with Crippen LogP contribution in [0, 0.1) is 0 Å². The highest BCUT2D eigenvalue weighted by atomic mass is 14.5. The molecule has 0 aliphatic rings. The molecule has 0 spiro atoms. The number of benzene rings is 1. The second-order valence-corrected chi connectivity index (χ2v) is 1.34. The third-order valence-electron chi connectivity index (χ3n) is 0.731. The zero-order chi connectivity index (χ0) is 5.98. The van der Waals surface area contributed by atoms with Gasteiger partial charge in [0.05, 0.1) is 1.37 Å². The molecule has 1 heteroatoms. The van der Waals surface area contributed by atoms with Crippen molar-refractivity contribution >= 4 is 5.69 Å². The minimum Gasteiger partial charge on any atom is -0.399 e. The second-order valence-electron chi connectivity index (χ2n) is 1.34. The number of hydrogen-bond donors (Lipinski definition) is 1. The number of hydrogen-bond acceptors (Lipinski definition) is 1. The highest BCUT2D eigenvalue weighted by molar-refractivity contribution is 5.35. The first-order valence-electron chi connectivity index (χ1n) is 2.61. The van der Waals surface area contributed by atoms with E-state index in [4.69, 9.17) is 7.10 Å². The average Bonchev–Trinajstić information content (AvgIpc) is 1.64. The van der Waals surface area contributed by atoms with Crippen molar-refractivity contribution in [2.24, 2.45) is 0 Å². The summed E-state index contributed by atoms with van der Waals surface area (Å²) in [6.45, 7) is 0. The molecule has 0 fully saturated rings. The molecular weight excluding hydrogens is 86.1 g/mol. The Kier molecular flexibility index (Phi) is 0.724. The van der Waals surface area contributed by atoms with Crippen molar-refractivity contribution in [3.05, 3.63) is 30.3 Å². The molecule has 0 bridgehead atoms. The van der Waals surface area contributed by atoms with E-state index < -0.39 is 0 Å². The largest absolute Gasteiger partial charge is 0.399 e. The maximum Gasteiger partial charge on any atom is 0.0623 e. The molecule has 1 aromatic carbocycles. The summed E-state index contributed by atoms with van der Waals surface area (Å²) in [6.07, 6.45) is 0. The molecule has 0 aromatic heterocycles. The molecule has 1 nitrogen and oxygen atoms in total. The number of nitrogens with two attached hydrogens (primary N) is 1. The van der Waals surface area contributed by atoms with E-state index in [1.165, 1.54) is 0 Å². The first-order chi connectivity index (χ1) is 3.79. The van der Waals surface area contributed by atoms with Gasteiger partial charge in [0.15, 0.2) is 0 Å². The van der Waals surface area contributed by atoms with Crippen LogP contribution < -0.4 is 5.73 Å². The lowest BCUT2D eigenvalue weighted by atomic mass is 10.3. The molecule has 0 aliphatic heterocycles. The van der Waals surface area contributed by atoms with Crippen LogP contribution in [0.3, 0.4) is 0 Å². The van der Waals surface area contributed by atoms with Crippen molar-refractivity contribution < 1.29 is 1.37 Å². The molecular formula is C6H7N. The first kappa shape index (κ1) is 3.08. The van der Waals surface area contributed by atoms with Crippen molar-refractivity contribution in [3.63, 3.8) is 0 Å². The van der Waals surface area contributed by atoms with Crippen molar-refractivity contribution in [2.75, 3.05) is 5.73 Å². The highest BCUT2D eigenvalue weighted by Crippen LogP contribution is 1.95. The summed E-state index contributed by atoms with van der Waals surface area (Å²) in [5.41, 5.74) is 5.99. The van der Waals surface area contributed by atoms with E-state index in [2.05, 4.69) is 0 Å². The molecule has 36 valence electrons. The normalized spacial score (nSPS) is 10.6. The van der Waals surface area contributed by atoms with Gasteiger partial charge in [-0.25, -0.2) is 0 Å². The fourth-order valence-electron chi connectivity index (χ4n) is 0.407. The summed E-state index contributed by atoms with van der Waals surface area (Å²) in [5, 5.41) is 0. The van der Waals surface area contributed by atoms with Gasteiger partial charge in [-0.3, -0.25) is 0 Å². The molecule has 0 aliphatic carbocycles. The number of nitrogen functional groups attached to an aromatic ring is 1. The van der Waals surface area contributed by atoms with Gasteiger partial charge >= 0.3 is 0 Å². The Balaban J connectivity index is 3.08. The summed E-state index contributed by atoms with van der Waals surface area (Å²) >= 11 is 0. The van der Waals surface area contributed by atoms with E-state index in [1.807, 2.05) is 0 Å². The SMILES string of the molecule is [3H]c1cccc(N)c1. The Morgan fingerprint density at radius 1 is 1.43 bits per heavy atom. The number of anilines is 1. The first-order valence-corrected chi connectivity index (χ1v) is 2.11. The summed E-state index contributed by atoms with van der Waals surface area (Å²) in [6, 6.07) is 7.29. The van der Waals surface area contributed by atoms with E-state index in [9.17, 15) is 0 Å². The topological polar surface area (TPSA) is 26.0 Å². The molecule has 0 amide bonds. The molecule has 0 saturated heterocycles. The van der Waals surface area contributed by atoms with E-state index in [0.717, 1.165) is 0 Å². The van der Waals surface area contributed by atoms with Crippen LogP contribution in [0.2, 0.25) is 0 Å². The Morgan fingerprint density at radius 2 is 2.29 bits per heavy atom. The van der Waals surface area contributed by atoms with Gasteiger partial charge in [0.1, 0.15) is 0 Å². The molecule has 0 radical (unpaired) electrons. The Bertz CT molecular complexity index is 168. The summed E-state index contributed by atoms with van der Waals surface area (Å²) in [5.74, 6) is 0. The van der Waals surface area contributed by atoms with E-state index in [0.29, 0.717) is 11.7 Å². The minimum atomic E-state index is 0.463. The maximum absolute atomic E-state index is 7.06. The smallest absolute Gasteiger partial charge is 0.0623 e. The summed E-state index contributed by atoms with van der Waals surface area (Å²) in [7, 11) is 0. The molecule has 0 saturated carbocycles. The van der Waals surface area contributed by atoms with Gasteiger partial charge in [-0.05, 0) is 12.1 Å². The quantitative estimate of drug-likeness (QED) is 0.482. The van der Waals surface area contributed by atoms with Crippen molar-refractivity contribution in [1.29, 1.82) is 0 Å². The zero-order valence-electron chi connectivity index (χ0n) is 4.89. The lowest BCUT2D eigenvalue weighted by Crippen LogP contribution is -1.79. The Labute approximate surface area is 44.2 Å². The maximum atomic E-state index is 7.06. The fraction of sp³-hybridized carbons (Fsp3) is 0. The van der Waals surface area contributed by atoms with Crippen LogP contribution in [0.1, 0.15) is 1.37 Å². The van der Waals surface area contributed by atoms with Gasteiger partial charge in [-0.1, -0.05) is 18.2 Å². The summed E-state index contributed by atoms with van der Waals surface area (Å²) in [4.78, 5) is 0. The zero-order valence-corrected chi connectivity index (χ0v) is 3.89. The van der Waals surface area contributed by atoms with Crippen LogP contribution in [0.4, 0.5) is 5.69 Å². The van der Waals surface area contributed by atoms with E-state index in [-0.39, 0.29) is 0 Å². The van der Waals surface area contributed by atoms with Gasteiger partial charge < -0.3 is 5.73 Å². The second kappa shape index (κ2) is 1.65. The molecule has 7 heavy (non-hydrogen) atoms. The summed E-state index contributed by atoms with van der Waals surface area (Å²) < 4.78 is 7.06. The predicted molar refractivity (Wildman–Crippen MR) is 30.9 cm³/mol. The van der Waals surface area contributed by atoms with Crippen LogP contribution in [-0.4, -0.2) is 0 Å². The lowest BCUT2D eigenvalue weighted by molar-refractivity contribution is 1.69. The van der Waals surface area contributed by atoms with Crippen LogP contribution >= 0.6 is 0 Å². The van der Waals surface area contributed by atoms with Crippen molar-refractivity contribution in [3.8, 4) is 0 Å². The van der Waals surface area contributed by atoms with Gasteiger partial charge in [0.2, 0.25) is 0 Å². The molecule has 1 rings (SSSR count). The fourth-order valence-corrected chi connectivity index (χ4v) is 0.407. The predicted octanol–water partition coefficient (Wildman–Crippen LogP) is 1.27. The van der Waals surface area contributed by atoms with Crippen molar-refractivity contribution in [2.45, 2.75) is 0 Å². The van der Waals surface area contributed by atoms with E-state index in [1.54, 1.807) is 24.3 Å². The average molecular weight is 95.1 g/mol. The third-order valence-corrected chi connectivity index (χ3v) is 0.731. The van der Waals surface area contributed by atoms with Crippen LogP contribution in [0.15, 0.2) is 30.3 Å². The van der Waals surface area contributed by atoms with Gasteiger partial charge in [-0.2, -0.15) is 0 Å². The van der Waals surface area contributed by atoms with Crippen LogP contribution in [-0.2, 0) is 0 Å². The lowest BCUT2D eigenvalue weighted by Gasteiger charge is -1.83. The minimum absolute atomic E-state index is 0.463. The monoisotopic (exact) mass is 95.1 g/mol.